The molecule has 25 heavy (non-hydrogen) atoms. The van der Waals surface area contributed by atoms with E-state index < -0.39 is 0 Å². The molecule has 0 aliphatic rings. The molecular weight excluding hydrogens is 316 g/mol. The van der Waals surface area contributed by atoms with E-state index in [2.05, 4.69) is 10.1 Å². The summed E-state index contributed by atoms with van der Waals surface area (Å²) in [4.78, 5) is 27.5. The van der Waals surface area contributed by atoms with E-state index in [0.29, 0.717) is 23.9 Å². The van der Waals surface area contributed by atoms with Gasteiger partial charge in [0.1, 0.15) is 0 Å². The molecule has 6 heteroatoms. The monoisotopic (exact) mass is 332 g/mol. The Hall–Kier alpha value is -3.41. The molecule has 0 radical (unpaired) electrons. The van der Waals surface area contributed by atoms with Crippen LogP contribution in [0.2, 0.25) is 0 Å². The Morgan fingerprint density at radius 2 is 1.76 bits per heavy atom. The van der Waals surface area contributed by atoms with Crippen LogP contribution in [0.4, 0.5) is 0 Å². The van der Waals surface area contributed by atoms with Crippen molar-refractivity contribution in [3.05, 3.63) is 93.4 Å². The summed E-state index contributed by atoms with van der Waals surface area (Å²) >= 11 is 0. The fourth-order valence-electron chi connectivity index (χ4n) is 2.88. The standard InChI is InChI=1S/C19H16N4O2/c24-18-16-4-1-2-5-17(16)21-19(25)22(18)13-10-14-6-8-15(9-7-14)23-12-3-11-20-23/h1-9,11-12H,10,13H2,(H,21,25). The van der Waals surface area contributed by atoms with Gasteiger partial charge in [-0.1, -0.05) is 24.3 Å². The molecule has 0 atom stereocenters. The van der Waals surface area contributed by atoms with Crippen LogP contribution >= 0.6 is 0 Å². The van der Waals surface area contributed by atoms with Gasteiger partial charge in [-0.15, -0.1) is 0 Å². The number of benzene rings is 2. The average molecular weight is 332 g/mol. The van der Waals surface area contributed by atoms with Gasteiger partial charge in [-0.3, -0.25) is 9.36 Å². The van der Waals surface area contributed by atoms with Gasteiger partial charge in [0.05, 0.1) is 16.6 Å². The van der Waals surface area contributed by atoms with Crippen molar-refractivity contribution in [2.24, 2.45) is 0 Å². The SMILES string of the molecule is O=c1[nH]c2ccccc2c(=O)n1CCc1ccc(-n2cccn2)cc1. The minimum Gasteiger partial charge on any atom is -0.307 e. The maximum Gasteiger partial charge on any atom is 0.328 e. The van der Waals surface area contributed by atoms with Gasteiger partial charge in [0, 0.05) is 18.9 Å². The van der Waals surface area contributed by atoms with Crippen LogP contribution < -0.4 is 11.2 Å². The van der Waals surface area contributed by atoms with Crippen molar-refractivity contribution in [1.82, 2.24) is 19.3 Å². The van der Waals surface area contributed by atoms with E-state index in [-0.39, 0.29) is 11.2 Å². The van der Waals surface area contributed by atoms with Crippen molar-refractivity contribution >= 4 is 10.9 Å². The van der Waals surface area contributed by atoms with Gasteiger partial charge in [-0.25, -0.2) is 9.48 Å². The van der Waals surface area contributed by atoms with Crippen LogP contribution in [-0.2, 0) is 13.0 Å². The number of rotatable bonds is 4. The predicted octanol–water partition coefficient (Wildman–Crippen LogP) is 2.12. The zero-order valence-corrected chi connectivity index (χ0v) is 13.4. The lowest BCUT2D eigenvalue weighted by atomic mass is 10.1. The quantitative estimate of drug-likeness (QED) is 0.622. The Morgan fingerprint density at radius 1 is 0.960 bits per heavy atom. The van der Waals surface area contributed by atoms with Gasteiger partial charge < -0.3 is 4.98 Å². The molecule has 1 N–H and O–H groups in total. The zero-order valence-electron chi connectivity index (χ0n) is 13.4. The third kappa shape index (κ3) is 2.89. The highest BCUT2D eigenvalue weighted by Crippen LogP contribution is 2.10. The number of aryl methyl sites for hydroxylation is 1. The fraction of sp³-hybridized carbons (Fsp3) is 0.105. The largest absolute Gasteiger partial charge is 0.328 e. The molecule has 2 aromatic heterocycles. The molecule has 0 saturated heterocycles. The van der Waals surface area contributed by atoms with E-state index in [9.17, 15) is 9.59 Å². The number of nitrogens with one attached hydrogen (secondary N) is 1. The lowest BCUT2D eigenvalue weighted by molar-refractivity contribution is 0.636. The van der Waals surface area contributed by atoms with Crippen LogP contribution in [0.5, 0.6) is 0 Å². The molecule has 124 valence electrons. The normalized spacial score (nSPS) is 11.0. The molecule has 6 nitrogen and oxygen atoms in total. The van der Waals surface area contributed by atoms with Gasteiger partial charge in [0.15, 0.2) is 0 Å². The highest BCUT2D eigenvalue weighted by atomic mass is 16.2. The molecule has 0 fully saturated rings. The molecule has 0 unspecified atom stereocenters. The molecule has 4 aromatic rings. The molecule has 0 amide bonds. The number of hydrogen-bond donors (Lipinski definition) is 1. The van der Waals surface area contributed by atoms with Crippen LogP contribution in [0.25, 0.3) is 16.6 Å². The minimum absolute atomic E-state index is 0.257. The van der Waals surface area contributed by atoms with E-state index in [1.54, 1.807) is 35.1 Å². The van der Waals surface area contributed by atoms with Crippen molar-refractivity contribution in [3.63, 3.8) is 0 Å². The van der Waals surface area contributed by atoms with E-state index in [1.165, 1.54) is 4.57 Å². The third-order valence-corrected chi connectivity index (χ3v) is 4.22. The van der Waals surface area contributed by atoms with E-state index in [0.717, 1.165) is 11.3 Å². The summed E-state index contributed by atoms with van der Waals surface area (Å²) in [6, 6.07) is 16.8. The number of fused-ring (bicyclic) bond motifs is 1. The average Bonchev–Trinajstić information content (AvgIpc) is 3.17. The highest BCUT2D eigenvalue weighted by Gasteiger charge is 2.07. The second-order valence-corrected chi connectivity index (χ2v) is 5.80. The number of aromatic nitrogens is 4. The Kier molecular flexibility index (Phi) is 3.78. The summed E-state index contributed by atoms with van der Waals surface area (Å²) in [6.45, 7) is 0.333. The Morgan fingerprint density at radius 3 is 2.52 bits per heavy atom. The summed E-state index contributed by atoms with van der Waals surface area (Å²) in [5.74, 6) is 0. The smallest absolute Gasteiger partial charge is 0.307 e. The molecule has 0 spiro atoms. The van der Waals surface area contributed by atoms with Crippen molar-refractivity contribution in [1.29, 1.82) is 0 Å². The van der Waals surface area contributed by atoms with E-state index in [1.807, 2.05) is 36.5 Å². The first-order valence-electron chi connectivity index (χ1n) is 8.03. The van der Waals surface area contributed by atoms with Crippen LogP contribution in [0, 0.1) is 0 Å². The molecule has 0 aliphatic heterocycles. The predicted molar refractivity (Wildman–Crippen MR) is 96.1 cm³/mol. The Labute approximate surface area is 143 Å². The van der Waals surface area contributed by atoms with Crippen molar-refractivity contribution in [2.75, 3.05) is 0 Å². The van der Waals surface area contributed by atoms with Crippen LogP contribution in [-0.4, -0.2) is 19.3 Å². The molecule has 0 bridgehead atoms. The lowest BCUT2D eigenvalue weighted by Gasteiger charge is -2.07. The van der Waals surface area contributed by atoms with Gasteiger partial charge in [0.25, 0.3) is 5.56 Å². The molecule has 0 aliphatic carbocycles. The van der Waals surface area contributed by atoms with E-state index in [4.69, 9.17) is 0 Å². The van der Waals surface area contributed by atoms with Crippen molar-refractivity contribution in [3.8, 4) is 5.69 Å². The minimum atomic E-state index is -0.378. The summed E-state index contributed by atoms with van der Waals surface area (Å²) in [7, 11) is 0. The van der Waals surface area contributed by atoms with E-state index >= 15 is 0 Å². The summed E-state index contributed by atoms with van der Waals surface area (Å²) in [5.41, 5.74) is 1.95. The van der Waals surface area contributed by atoms with Gasteiger partial charge in [-0.2, -0.15) is 5.10 Å². The first kappa shape index (κ1) is 15.1. The number of nitrogens with zero attached hydrogens (tertiary/aromatic N) is 3. The Bertz CT molecular complexity index is 1120. The van der Waals surface area contributed by atoms with Gasteiger partial charge >= 0.3 is 5.69 Å². The second-order valence-electron chi connectivity index (χ2n) is 5.80. The van der Waals surface area contributed by atoms with Crippen LogP contribution in [0.15, 0.2) is 76.6 Å². The summed E-state index contributed by atoms with van der Waals surface area (Å²) in [5, 5.41) is 4.71. The van der Waals surface area contributed by atoms with Crippen LogP contribution in [0.1, 0.15) is 5.56 Å². The topological polar surface area (TPSA) is 72.7 Å². The number of H-pyrrole nitrogens is 1. The Balaban J connectivity index is 1.58. The molecule has 4 rings (SSSR count). The number of hydrogen-bond acceptors (Lipinski definition) is 3. The fourth-order valence-corrected chi connectivity index (χ4v) is 2.88. The first-order chi connectivity index (χ1) is 12.2. The molecule has 2 aromatic carbocycles. The second kappa shape index (κ2) is 6.24. The molecule has 2 heterocycles. The van der Waals surface area contributed by atoms with Crippen molar-refractivity contribution in [2.45, 2.75) is 13.0 Å². The third-order valence-electron chi connectivity index (χ3n) is 4.22. The number of para-hydroxylation sites is 1. The molecule has 0 saturated carbocycles. The number of aromatic amines is 1. The summed E-state index contributed by atoms with van der Waals surface area (Å²) < 4.78 is 3.03. The maximum atomic E-state index is 12.5. The van der Waals surface area contributed by atoms with Crippen molar-refractivity contribution < 1.29 is 0 Å². The maximum absolute atomic E-state index is 12.5. The first-order valence-corrected chi connectivity index (χ1v) is 8.03. The highest BCUT2D eigenvalue weighted by molar-refractivity contribution is 5.76. The van der Waals surface area contributed by atoms with Gasteiger partial charge in [-0.05, 0) is 42.3 Å². The van der Waals surface area contributed by atoms with Crippen LogP contribution in [0.3, 0.4) is 0 Å². The molecular formula is C19H16N4O2. The summed E-state index contributed by atoms with van der Waals surface area (Å²) in [6.07, 6.45) is 4.20. The van der Waals surface area contributed by atoms with Gasteiger partial charge in [0.2, 0.25) is 0 Å². The lowest BCUT2D eigenvalue weighted by Crippen LogP contribution is -2.35. The zero-order chi connectivity index (χ0) is 17.2.